The number of hydrogen-bond donors (Lipinski definition) is 2. The molecule has 1 aliphatic rings. The number of anilines is 2. The lowest BCUT2D eigenvalue weighted by Gasteiger charge is -2.25. The molecule has 2 N–H and O–H groups in total. The Balaban J connectivity index is 1.86. The summed E-state index contributed by atoms with van der Waals surface area (Å²) in [6.07, 6.45) is 1.72. The van der Waals surface area contributed by atoms with Gasteiger partial charge in [-0.05, 0) is 31.9 Å². The third-order valence-corrected chi connectivity index (χ3v) is 4.50. The Kier molecular flexibility index (Phi) is 5.73. The Hall–Kier alpha value is -1.89. The molecule has 1 amide bonds. The van der Waals surface area contributed by atoms with Crippen LogP contribution in [0.15, 0.2) is 24.3 Å². The van der Waals surface area contributed by atoms with Gasteiger partial charge in [0.15, 0.2) is 11.0 Å². The molecule has 0 atom stereocenters. The molecule has 0 unspecified atom stereocenters. The number of carbonyl (C=O) groups excluding carboxylic acids is 1. The van der Waals surface area contributed by atoms with Crippen molar-refractivity contribution in [3.05, 3.63) is 45.8 Å². The molecular formula is C17H18Cl2N4O2. The Bertz CT molecular complexity index is 779. The quantitative estimate of drug-likeness (QED) is 0.785. The van der Waals surface area contributed by atoms with Crippen molar-refractivity contribution in [2.45, 2.75) is 25.8 Å². The number of nitrogens with one attached hydrogen (secondary N) is 2. The molecule has 0 bridgehead atoms. The minimum Gasteiger partial charge on any atom is -0.381 e. The second kappa shape index (κ2) is 7.99. The maximum Gasteiger partial charge on any atom is 0.257 e. The number of halogens is 2. The second-order valence-electron chi connectivity index (χ2n) is 5.75. The number of carbonyl (C=O) groups is 1. The molecule has 1 fully saturated rings. The molecule has 0 radical (unpaired) electrons. The first kappa shape index (κ1) is 17.9. The van der Waals surface area contributed by atoms with Crippen molar-refractivity contribution in [1.29, 1.82) is 0 Å². The average molecular weight is 381 g/mol. The summed E-state index contributed by atoms with van der Waals surface area (Å²) in [5, 5.41) is 6.66. The molecule has 1 saturated heterocycles. The van der Waals surface area contributed by atoms with Gasteiger partial charge in [0.2, 0.25) is 0 Å². The van der Waals surface area contributed by atoms with Crippen LogP contribution in [-0.2, 0) is 4.74 Å². The van der Waals surface area contributed by atoms with Crippen molar-refractivity contribution in [3.8, 4) is 0 Å². The molecule has 2 aromatic rings. The Labute approximate surface area is 155 Å². The van der Waals surface area contributed by atoms with E-state index >= 15 is 0 Å². The molecule has 1 aromatic carbocycles. The molecule has 6 nitrogen and oxygen atoms in total. The fraction of sp³-hybridized carbons (Fsp3) is 0.353. The number of ether oxygens (including phenoxy) is 1. The number of nitrogens with zero attached hydrogens (tertiary/aromatic N) is 2. The smallest absolute Gasteiger partial charge is 0.257 e. The van der Waals surface area contributed by atoms with E-state index in [9.17, 15) is 4.79 Å². The Morgan fingerprint density at radius 2 is 1.92 bits per heavy atom. The lowest BCUT2D eigenvalue weighted by atomic mass is 10.1. The summed E-state index contributed by atoms with van der Waals surface area (Å²) in [7, 11) is 0. The zero-order chi connectivity index (χ0) is 17.8. The van der Waals surface area contributed by atoms with E-state index in [4.69, 9.17) is 27.9 Å². The van der Waals surface area contributed by atoms with Crippen LogP contribution in [-0.4, -0.2) is 35.1 Å². The normalized spacial score (nSPS) is 15.0. The molecular weight excluding hydrogens is 363 g/mol. The van der Waals surface area contributed by atoms with E-state index in [2.05, 4.69) is 20.6 Å². The second-order valence-corrected chi connectivity index (χ2v) is 6.52. The van der Waals surface area contributed by atoms with Crippen LogP contribution in [0.3, 0.4) is 0 Å². The van der Waals surface area contributed by atoms with Crippen LogP contribution < -0.4 is 10.6 Å². The highest BCUT2D eigenvalue weighted by Crippen LogP contribution is 2.30. The predicted octanol–water partition coefficient (Wildman–Crippen LogP) is 3.94. The number of rotatable bonds is 4. The third kappa shape index (κ3) is 4.39. The van der Waals surface area contributed by atoms with Gasteiger partial charge in [-0.25, -0.2) is 9.97 Å². The van der Waals surface area contributed by atoms with Crippen LogP contribution in [0.4, 0.5) is 11.5 Å². The van der Waals surface area contributed by atoms with Gasteiger partial charge >= 0.3 is 0 Å². The molecule has 0 aliphatic carbocycles. The molecule has 8 heteroatoms. The van der Waals surface area contributed by atoms with E-state index in [-0.39, 0.29) is 17.1 Å². The monoisotopic (exact) mass is 380 g/mol. The number of aryl methyl sites for hydroxylation is 1. The Morgan fingerprint density at radius 3 is 2.64 bits per heavy atom. The molecule has 132 valence electrons. The maximum absolute atomic E-state index is 12.6. The highest BCUT2D eigenvalue weighted by atomic mass is 35.5. The van der Waals surface area contributed by atoms with Gasteiger partial charge in [-0.2, -0.15) is 0 Å². The van der Waals surface area contributed by atoms with Gasteiger partial charge in [-0.1, -0.05) is 35.3 Å². The summed E-state index contributed by atoms with van der Waals surface area (Å²) < 4.78 is 5.37. The standard InChI is InChI=1S/C17H18Cl2N4O2/c1-10-20-15(19)14(16(21-10)22-11-6-8-25-9-7-11)23-17(24)12-4-2-3-5-13(12)18/h2-5,11H,6-9H2,1H3,(H,23,24)(H,20,21,22). The fourth-order valence-electron chi connectivity index (χ4n) is 2.62. The first-order valence-electron chi connectivity index (χ1n) is 7.99. The topological polar surface area (TPSA) is 76.1 Å². The van der Waals surface area contributed by atoms with Crippen molar-refractivity contribution in [3.63, 3.8) is 0 Å². The summed E-state index contributed by atoms with van der Waals surface area (Å²) in [6.45, 7) is 3.13. The van der Waals surface area contributed by atoms with Gasteiger partial charge < -0.3 is 15.4 Å². The van der Waals surface area contributed by atoms with Gasteiger partial charge in [-0.3, -0.25) is 4.79 Å². The third-order valence-electron chi connectivity index (χ3n) is 3.90. The van der Waals surface area contributed by atoms with Gasteiger partial charge in [0.1, 0.15) is 11.5 Å². The number of hydrogen-bond acceptors (Lipinski definition) is 5. The number of benzene rings is 1. The number of amides is 1. The summed E-state index contributed by atoms with van der Waals surface area (Å²) in [4.78, 5) is 21.1. The first-order valence-corrected chi connectivity index (χ1v) is 8.74. The highest BCUT2D eigenvalue weighted by molar-refractivity contribution is 6.35. The lowest BCUT2D eigenvalue weighted by molar-refractivity contribution is 0.0903. The largest absolute Gasteiger partial charge is 0.381 e. The van der Waals surface area contributed by atoms with Crippen LogP contribution in [0.25, 0.3) is 0 Å². The predicted molar refractivity (Wildman–Crippen MR) is 98.6 cm³/mol. The molecule has 0 spiro atoms. The fourth-order valence-corrected chi connectivity index (χ4v) is 3.10. The van der Waals surface area contributed by atoms with Gasteiger partial charge in [-0.15, -0.1) is 0 Å². The molecule has 1 aromatic heterocycles. The molecule has 1 aliphatic heterocycles. The van der Waals surface area contributed by atoms with E-state index in [1.54, 1.807) is 31.2 Å². The van der Waals surface area contributed by atoms with E-state index in [0.717, 1.165) is 12.8 Å². The van der Waals surface area contributed by atoms with Crippen molar-refractivity contribution < 1.29 is 9.53 Å². The minimum absolute atomic E-state index is 0.183. The lowest BCUT2D eigenvalue weighted by Crippen LogP contribution is -2.29. The van der Waals surface area contributed by atoms with Crippen LogP contribution >= 0.6 is 23.2 Å². The molecule has 3 rings (SSSR count). The van der Waals surface area contributed by atoms with Gasteiger partial charge in [0, 0.05) is 19.3 Å². The van der Waals surface area contributed by atoms with Crippen LogP contribution in [0.1, 0.15) is 29.0 Å². The SMILES string of the molecule is Cc1nc(Cl)c(NC(=O)c2ccccc2Cl)c(NC2CCOCC2)n1. The summed E-state index contributed by atoms with van der Waals surface area (Å²) in [5.41, 5.74) is 0.710. The molecule has 0 saturated carbocycles. The first-order chi connectivity index (χ1) is 12.0. The highest BCUT2D eigenvalue weighted by Gasteiger charge is 2.21. The van der Waals surface area contributed by atoms with Crippen molar-refractivity contribution in [2.24, 2.45) is 0 Å². The Morgan fingerprint density at radius 1 is 1.20 bits per heavy atom. The minimum atomic E-state index is -0.366. The van der Waals surface area contributed by atoms with Crippen LogP contribution in [0.5, 0.6) is 0 Å². The average Bonchev–Trinajstić information content (AvgIpc) is 2.59. The number of aromatic nitrogens is 2. The van der Waals surface area contributed by atoms with Crippen LogP contribution in [0, 0.1) is 6.92 Å². The van der Waals surface area contributed by atoms with E-state index in [0.29, 0.717) is 41.1 Å². The van der Waals surface area contributed by atoms with Gasteiger partial charge in [0.05, 0.1) is 10.6 Å². The van der Waals surface area contributed by atoms with Gasteiger partial charge in [0.25, 0.3) is 5.91 Å². The van der Waals surface area contributed by atoms with Crippen molar-refractivity contribution >= 4 is 40.6 Å². The zero-order valence-corrected chi connectivity index (χ0v) is 15.2. The maximum atomic E-state index is 12.6. The van der Waals surface area contributed by atoms with E-state index < -0.39 is 0 Å². The summed E-state index contributed by atoms with van der Waals surface area (Å²) in [5.74, 6) is 0.662. The zero-order valence-electron chi connectivity index (χ0n) is 13.7. The summed E-state index contributed by atoms with van der Waals surface area (Å²) in [6, 6.07) is 7.01. The summed E-state index contributed by atoms with van der Waals surface area (Å²) >= 11 is 12.4. The van der Waals surface area contributed by atoms with Crippen LogP contribution in [0.2, 0.25) is 10.2 Å². The van der Waals surface area contributed by atoms with Crippen molar-refractivity contribution in [1.82, 2.24) is 9.97 Å². The van der Waals surface area contributed by atoms with E-state index in [1.807, 2.05) is 0 Å². The van der Waals surface area contributed by atoms with E-state index in [1.165, 1.54) is 0 Å². The molecule has 2 heterocycles. The van der Waals surface area contributed by atoms with Crippen molar-refractivity contribution in [2.75, 3.05) is 23.8 Å². The molecule has 25 heavy (non-hydrogen) atoms.